The van der Waals surface area contributed by atoms with Crippen molar-refractivity contribution in [1.29, 1.82) is 0 Å². The van der Waals surface area contributed by atoms with E-state index in [-0.39, 0.29) is 16.9 Å². The highest BCUT2D eigenvalue weighted by Crippen LogP contribution is 2.26. The van der Waals surface area contributed by atoms with E-state index in [4.69, 9.17) is 16.3 Å². The van der Waals surface area contributed by atoms with Crippen molar-refractivity contribution in [3.05, 3.63) is 125 Å². The maximum absolute atomic E-state index is 13.3. The molecule has 0 aromatic heterocycles. The third-order valence-electron chi connectivity index (χ3n) is 5.84. The molecule has 9 heteroatoms. The Bertz CT molecular complexity index is 1540. The number of rotatable bonds is 10. The second kappa shape index (κ2) is 14.2. The summed E-state index contributed by atoms with van der Waals surface area (Å²) in [4.78, 5) is 39.6. The van der Waals surface area contributed by atoms with Crippen LogP contribution in [0.1, 0.15) is 22.8 Å². The lowest BCUT2D eigenvalue weighted by Gasteiger charge is -2.14. The first-order chi connectivity index (χ1) is 19.8. The van der Waals surface area contributed by atoms with Crippen molar-refractivity contribution in [3.63, 3.8) is 0 Å². The van der Waals surface area contributed by atoms with Gasteiger partial charge < -0.3 is 20.7 Å². The number of hydrogen-bond donors (Lipinski definition) is 3. The summed E-state index contributed by atoms with van der Waals surface area (Å²) in [5, 5.41) is 8.59. The van der Waals surface area contributed by atoms with Gasteiger partial charge in [-0.05, 0) is 85.3 Å². The van der Waals surface area contributed by atoms with Crippen LogP contribution in [0.15, 0.2) is 114 Å². The van der Waals surface area contributed by atoms with Crippen LogP contribution in [0.25, 0.3) is 6.08 Å². The van der Waals surface area contributed by atoms with E-state index in [9.17, 15) is 14.4 Å². The van der Waals surface area contributed by atoms with Crippen molar-refractivity contribution < 1.29 is 19.1 Å². The topological polar surface area (TPSA) is 96.5 Å². The second-order valence-electron chi connectivity index (χ2n) is 8.89. The second-order valence-corrected chi connectivity index (χ2v) is 10.7. The van der Waals surface area contributed by atoms with Gasteiger partial charge in [0.05, 0.1) is 12.4 Å². The fraction of sp³-hybridized carbons (Fsp3) is 0.0938. The zero-order valence-electron chi connectivity index (χ0n) is 22.4. The van der Waals surface area contributed by atoms with Gasteiger partial charge in [-0.2, -0.15) is 0 Å². The summed E-state index contributed by atoms with van der Waals surface area (Å²) < 4.78 is 5.20. The summed E-state index contributed by atoms with van der Waals surface area (Å²) >= 11 is 7.38. The molecule has 0 fully saturated rings. The maximum atomic E-state index is 13.3. The molecule has 3 N–H and O–H groups in total. The molecule has 1 atom stereocenters. The first kappa shape index (κ1) is 29.5. The fourth-order valence-electron chi connectivity index (χ4n) is 3.69. The lowest BCUT2D eigenvalue weighted by molar-refractivity contribution is -0.115. The summed E-state index contributed by atoms with van der Waals surface area (Å²) in [6.07, 6.45) is 1.60. The molecule has 0 heterocycles. The summed E-state index contributed by atoms with van der Waals surface area (Å²) in [5.74, 6) is -0.370. The zero-order chi connectivity index (χ0) is 29.2. The Balaban J connectivity index is 1.43. The molecule has 0 aliphatic heterocycles. The Hall–Kier alpha value is -4.53. The monoisotopic (exact) mass is 585 g/mol. The van der Waals surface area contributed by atoms with Crippen molar-refractivity contribution in [2.24, 2.45) is 0 Å². The van der Waals surface area contributed by atoms with E-state index in [1.165, 1.54) is 11.8 Å². The van der Waals surface area contributed by atoms with Gasteiger partial charge in [0.1, 0.15) is 11.4 Å². The van der Waals surface area contributed by atoms with Gasteiger partial charge in [0.15, 0.2) is 0 Å². The van der Waals surface area contributed by atoms with Crippen LogP contribution in [0, 0.1) is 0 Å². The number of methoxy groups -OCH3 is 1. The molecular formula is C32H28ClN3O4S. The summed E-state index contributed by atoms with van der Waals surface area (Å²) in [6, 6.07) is 29.9. The number of ether oxygens (including phenoxy) is 1. The van der Waals surface area contributed by atoms with Crippen LogP contribution in [0.3, 0.4) is 0 Å². The fourth-order valence-corrected chi connectivity index (χ4v) is 4.75. The number of benzene rings is 4. The van der Waals surface area contributed by atoms with E-state index in [2.05, 4.69) is 16.0 Å². The van der Waals surface area contributed by atoms with Crippen LogP contribution in [0.2, 0.25) is 5.02 Å². The lowest BCUT2D eigenvalue weighted by atomic mass is 10.1. The van der Waals surface area contributed by atoms with Gasteiger partial charge in [-0.1, -0.05) is 48.0 Å². The molecule has 4 aromatic rings. The average molecular weight is 586 g/mol. The predicted octanol–water partition coefficient (Wildman–Crippen LogP) is 6.88. The Morgan fingerprint density at radius 3 is 2.20 bits per heavy atom. The van der Waals surface area contributed by atoms with Gasteiger partial charge in [-0.25, -0.2) is 0 Å². The number of anilines is 2. The average Bonchev–Trinajstić information content (AvgIpc) is 2.98. The molecule has 3 amide bonds. The normalized spacial score (nSPS) is 11.7. The molecule has 0 bridgehead atoms. The molecule has 4 rings (SSSR count). The van der Waals surface area contributed by atoms with Crippen molar-refractivity contribution >= 4 is 58.5 Å². The number of nitrogens with one attached hydrogen (secondary N) is 3. The molecule has 4 aromatic carbocycles. The highest BCUT2D eigenvalue weighted by Gasteiger charge is 2.17. The van der Waals surface area contributed by atoms with Crippen LogP contribution in [-0.2, 0) is 9.59 Å². The standard InChI is InChI=1S/C32H28ClN3O4S/c1-21(30(37)35-26-10-6-9-24(33)20-26)41-28-17-13-25(14-18-28)34-32(39)29(19-22-11-15-27(40-2)16-12-22)36-31(38)23-7-4-3-5-8-23/h3-21H,1-2H3,(H,34,39)(H,35,37)(H,36,38)/b29-19-. The Kier molecular flexibility index (Phi) is 10.2. The third-order valence-corrected chi connectivity index (χ3v) is 7.19. The minimum atomic E-state index is -0.486. The molecule has 41 heavy (non-hydrogen) atoms. The molecule has 7 nitrogen and oxygen atoms in total. The van der Waals surface area contributed by atoms with E-state index in [0.717, 1.165) is 4.90 Å². The Morgan fingerprint density at radius 1 is 0.829 bits per heavy atom. The van der Waals surface area contributed by atoms with Crippen LogP contribution in [-0.4, -0.2) is 30.1 Å². The minimum Gasteiger partial charge on any atom is -0.497 e. The van der Waals surface area contributed by atoms with E-state index in [0.29, 0.717) is 33.3 Å². The number of hydrogen-bond acceptors (Lipinski definition) is 5. The van der Waals surface area contributed by atoms with Gasteiger partial charge in [-0.3, -0.25) is 14.4 Å². The van der Waals surface area contributed by atoms with Gasteiger partial charge >= 0.3 is 0 Å². The van der Waals surface area contributed by atoms with Crippen molar-refractivity contribution in [3.8, 4) is 5.75 Å². The van der Waals surface area contributed by atoms with Crippen LogP contribution < -0.4 is 20.7 Å². The van der Waals surface area contributed by atoms with Gasteiger partial charge in [-0.15, -0.1) is 11.8 Å². The van der Waals surface area contributed by atoms with Crippen LogP contribution in [0.5, 0.6) is 5.75 Å². The SMILES string of the molecule is COc1ccc(/C=C(\NC(=O)c2ccccc2)C(=O)Nc2ccc(SC(C)C(=O)Nc3cccc(Cl)c3)cc2)cc1. The summed E-state index contributed by atoms with van der Waals surface area (Å²) in [5.41, 5.74) is 2.38. The molecule has 0 aliphatic carbocycles. The first-order valence-corrected chi connectivity index (χ1v) is 13.9. The number of carbonyl (C=O) groups excluding carboxylic acids is 3. The largest absolute Gasteiger partial charge is 0.497 e. The third kappa shape index (κ3) is 8.73. The summed E-state index contributed by atoms with van der Waals surface area (Å²) in [6.45, 7) is 1.81. The molecular weight excluding hydrogens is 558 g/mol. The molecule has 0 spiro atoms. The Morgan fingerprint density at radius 2 is 1.54 bits per heavy atom. The minimum absolute atomic E-state index is 0.0776. The van der Waals surface area contributed by atoms with Crippen molar-refractivity contribution in [2.75, 3.05) is 17.7 Å². The highest BCUT2D eigenvalue weighted by molar-refractivity contribution is 8.00. The Labute approximate surface area is 248 Å². The highest BCUT2D eigenvalue weighted by atomic mass is 35.5. The maximum Gasteiger partial charge on any atom is 0.272 e. The van der Waals surface area contributed by atoms with E-state index in [1.807, 2.05) is 25.1 Å². The number of halogens is 1. The lowest BCUT2D eigenvalue weighted by Crippen LogP contribution is -2.30. The smallest absolute Gasteiger partial charge is 0.272 e. The van der Waals surface area contributed by atoms with E-state index < -0.39 is 11.8 Å². The molecule has 0 radical (unpaired) electrons. The molecule has 1 unspecified atom stereocenters. The first-order valence-electron chi connectivity index (χ1n) is 12.7. The van der Waals surface area contributed by atoms with Crippen molar-refractivity contribution in [1.82, 2.24) is 5.32 Å². The molecule has 0 aliphatic rings. The number of thioether (sulfide) groups is 1. The molecule has 208 valence electrons. The van der Waals surface area contributed by atoms with Gasteiger partial charge in [0, 0.05) is 26.9 Å². The van der Waals surface area contributed by atoms with E-state index in [1.54, 1.807) is 98.1 Å². The molecule has 0 saturated heterocycles. The summed E-state index contributed by atoms with van der Waals surface area (Å²) in [7, 11) is 1.57. The van der Waals surface area contributed by atoms with Gasteiger partial charge in [0.25, 0.3) is 11.8 Å². The van der Waals surface area contributed by atoms with Crippen LogP contribution in [0.4, 0.5) is 11.4 Å². The molecule has 0 saturated carbocycles. The zero-order valence-corrected chi connectivity index (χ0v) is 24.0. The van der Waals surface area contributed by atoms with E-state index >= 15 is 0 Å². The predicted molar refractivity (Wildman–Crippen MR) is 165 cm³/mol. The van der Waals surface area contributed by atoms with Crippen LogP contribution >= 0.6 is 23.4 Å². The quantitative estimate of drug-likeness (QED) is 0.139. The van der Waals surface area contributed by atoms with Crippen molar-refractivity contribution in [2.45, 2.75) is 17.1 Å². The number of carbonyl (C=O) groups is 3. The van der Waals surface area contributed by atoms with Gasteiger partial charge in [0.2, 0.25) is 5.91 Å². The number of amides is 3.